The molecule has 2 aromatic carbocycles. The summed E-state index contributed by atoms with van der Waals surface area (Å²) >= 11 is 6.22. The van der Waals surface area contributed by atoms with Crippen LogP contribution < -0.4 is 9.47 Å². The standard InChI is InChI=1S/C22H24ClN3O3/c1-15-21(23)16(2)26(24-15)18-7-5-17(6-8-18)22(27)25(3)13-14-29-20-11-9-19(28-4)10-12-20/h5-12H,13-14H2,1-4H3. The second-order valence-electron chi connectivity index (χ2n) is 6.69. The second-order valence-corrected chi connectivity index (χ2v) is 7.07. The van der Waals surface area contributed by atoms with Crippen molar-refractivity contribution in [3.63, 3.8) is 0 Å². The van der Waals surface area contributed by atoms with E-state index in [1.807, 2.05) is 50.2 Å². The molecule has 29 heavy (non-hydrogen) atoms. The average molecular weight is 414 g/mol. The molecule has 0 bridgehead atoms. The topological polar surface area (TPSA) is 56.6 Å². The summed E-state index contributed by atoms with van der Waals surface area (Å²) in [4.78, 5) is 14.3. The van der Waals surface area contributed by atoms with E-state index in [0.717, 1.165) is 28.6 Å². The maximum absolute atomic E-state index is 12.7. The van der Waals surface area contributed by atoms with Gasteiger partial charge in [0.25, 0.3) is 5.91 Å². The van der Waals surface area contributed by atoms with Crippen LogP contribution in [-0.2, 0) is 0 Å². The number of carbonyl (C=O) groups excluding carboxylic acids is 1. The fourth-order valence-electron chi connectivity index (χ4n) is 2.91. The number of rotatable bonds is 7. The lowest BCUT2D eigenvalue weighted by Crippen LogP contribution is -2.30. The monoisotopic (exact) mass is 413 g/mol. The summed E-state index contributed by atoms with van der Waals surface area (Å²) in [6.45, 7) is 4.65. The Labute approximate surface area is 175 Å². The molecule has 0 radical (unpaired) electrons. The third-order valence-electron chi connectivity index (χ3n) is 4.66. The number of hydrogen-bond donors (Lipinski definition) is 0. The van der Waals surface area contributed by atoms with Gasteiger partial charge in [0.2, 0.25) is 0 Å². The number of carbonyl (C=O) groups is 1. The van der Waals surface area contributed by atoms with Gasteiger partial charge in [0, 0.05) is 12.6 Å². The third kappa shape index (κ3) is 4.71. The summed E-state index contributed by atoms with van der Waals surface area (Å²) in [5.74, 6) is 1.44. The molecule has 1 aromatic heterocycles. The van der Waals surface area contributed by atoms with Gasteiger partial charge in [-0.15, -0.1) is 0 Å². The maximum Gasteiger partial charge on any atom is 0.253 e. The van der Waals surface area contributed by atoms with Crippen LogP contribution in [0.2, 0.25) is 5.02 Å². The molecule has 0 spiro atoms. The number of ether oxygens (including phenoxy) is 2. The Morgan fingerprint density at radius 1 is 1.07 bits per heavy atom. The third-order valence-corrected chi connectivity index (χ3v) is 5.21. The Morgan fingerprint density at radius 3 is 2.24 bits per heavy atom. The first-order valence-electron chi connectivity index (χ1n) is 9.25. The van der Waals surface area contributed by atoms with Crippen molar-refractivity contribution in [1.29, 1.82) is 0 Å². The molecule has 1 amide bonds. The van der Waals surface area contributed by atoms with Crippen molar-refractivity contribution in [3.8, 4) is 17.2 Å². The van der Waals surface area contributed by atoms with E-state index in [-0.39, 0.29) is 5.91 Å². The SMILES string of the molecule is COc1ccc(OCCN(C)C(=O)c2ccc(-n3nc(C)c(Cl)c3C)cc2)cc1. The van der Waals surface area contributed by atoms with Gasteiger partial charge in [-0.2, -0.15) is 5.10 Å². The van der Waals surface area contributed by atoms with Crippen LogP contribution in [0.3, 0.4) is 0 Å². The molecule has 0 saturated carbocycles. The highest BCUT2D eigenvalue weighted by molar-refractivity contribution is 6.31. The summed E-state index contributed by atoms with van der Waals surface area (Å²) in [5.41, 5.74) is 3.12. The zero-order valence-corrected chi connectivity index (χ0v) is 17.7. The van der Waals surface area contributed by atoms with Crippen LogP contribution in [0.5, 0.6) is 11.5 Å². The first-order valence-corrected chi connectivity index (χ1v) is 9.63. The summed E-state index contributed by atoms with van der Waals surface area (Å²) in [6.07, 6.45) is 0. The molecule has 0 aliphatic heterocycles. The van der Waals surface area contributed by atoms with Crippen LogP contribution in [0.4, 0.5) is 0 Å². The van der Waals surface area contributed by atoms with Crippen molar-refractivity contribution in [2.45, 2.75) is 13.8 Å². The number of amides is 1. The second kappa shape index (κ2) is 9.01. The molecule has 1 heterocycles. The highest BCUT2D eigenvalue weighted by Crippen LogP contribution is 2.22. The van der Waals surface area contributed by atoms with E-state index in [1.165, 1.54) is 0 Å². The van der Waals surface area contributed by atoms with Crippen LogP contribution >= 0.6 is 11.6 Å². The molecule has 0 unspecified atom stereocenters. The molecule has 0 atom stereocenters. The molecule has 3 aromatic rings. The van der Waals surface area contributed by atoms with Gasteiger partial charge in [-0.1, -0.05) is 11.6 Å². The number of methoxy groups -OCH3 is 1. The molecule has 7 heteroatoms. The summed E-state index contributed by atoms with van der Waals surface area (Å²) in [6, 6.07) is 14.7. The molecule has 0 aliphatic rings. The molecule has 0 aliphatic carbocycles. The maximum atomic E-state index is 12.7. The Balaban J connectivity index is 1.58. The average Bonchev–Trinajstić information content (AvgIpc) is 3.01. The van der Waals surface area contributed by atoms with Gasteiger partial charge in [-0.3, -0.25) is 4.79 Å². The van der Waals surface area contributed by atoms with Crippen molar-refractivity contribution < 1.29 is 14.3 Å². The Morgan fingerprint density at radius 2 is 1.69 bits per heavy atom. The van der Waals surface area contributed by atoms with E-state index in [0.29, 0.717) is 23.7 Å². The molecule has 3 rings (SSSR count). The van der Waals surface area contributed by atoms with Gasteiger partial charge < -0.3 is 14.4 Å². The van der Waals surface area contributed by atoms with Gasteiger partial charge >= 0.3 is 0 Å². The number of hydrogen-bond acceptors (Lipinski definition) is 4. The van der Waals surface area contributed by atoms with Gasteiger partial charge in [-0.25, -0.2) is 4.68 Å². The van der Waals surface area contributed by atoms with Gasteiger partial charge in [0.05, 0.1) is 35.8 Å². The van der Waals surface area contributed by atoms with Crippen LogP contribution in [0.1, 0.15) is 21.7 Å². The van der Waals surface area contributed by atoms with E-state index in [4.69, 9.17) is 21.1 Å². The number of aryl methyl sites for hydroxylation is 1. The first kappa shape index (κ1) is 20.7. The van der Waals surface area contributed by atoms with Crippen LogP contribution in [0.25, 0.3) is 5.69 Å². The largest absolute Gasteiger partial charge is 0.497 e. The fraction of sp³-hybridized carbons (Fsp3) is 0.273. The quantitative estimate of drug-likeness (QED) is 0.579. The van der Waals surface area contributed by atoms with Crippen LogP contribution in [-0.4, -0.2) is 47.9 Å². The highest BCUT2D eigenvalue weighted by atomic mass is 35.5. The fourth-order valence-corrected chi connectivity index (χ4v) is 3.03. The zero-order valence-electron chi connectivity index (χ0n) is 17.0. The van der Waals surface area contributed by atoms with Crippen molar-refractivity contribution in [1.82, 2.24) is 14.7 Å². The highest BCUT2D eigenvalue weighted by Gasteiger charge is 2.14. The molecule has 0 saturated heterocycles. The van der Waals surface area contributed by atoms with E-state index in [1.54, 1.807) is 35.9 Å². The lowest BCUT2D eigenvalue weighted by atomic mass is 10.2. The van der Waals surface area contributed by atoms with Gasteiger partial charge in [0.15, 0.2) is 0 Å². The van der Waals surface area contributed by atoms with Crippen LogP contribution in [0, 0.1) is 13.8 Å². The smallest absolute Gasteiger partial charge is 0.253 e. The minimum Gasteiger partial charge on any atom is -0.497 e. The number of aromatic nitrogens is 2. The Kier molecular flexibility index (Phi) is 6.44. The van der Waals surface area contributed by atoms with Gasteiger partial charge in [0.1, 0.15) is 18.1 Å². The van der Waals surface area contributed by atoms with Crippen LogP contribution in [0.15, 0.2) is 48.5 Å². The predicted molar refractivity (Wildman–Crippen MR) is 113 cm³/mol. The number of likely N-dealkylation sites (N-methyl/N-ethyl adjacent to an activating group) is 1. The van der Waals surface area contributed by atoms with Gasteiger partial charge in [-0.05, 0) is 62.4 Å². The molecule has 6 nitrogen and oxygen atoms in total. The van der Waals surface area contributed by atoms with E-state index in [2.05, 4.69) is 5.10 Å². The predicted octanol–water partition coefficient (Wildman–Crippen LogP) is 4.30. The van der Waals surface area contributed by atoms with Crippen molar-refractivity contribution in [3.05, 3.63) is 70.5 Å². The Hall–Kier alpha value is -2.99. The minimum absolute atomic E-state index is 0.0683. The lowest BCUT2D eigenvalue weighted by molar-refractivity contribution is 0.0774. The summed E-state index contributed by atoms with van der Waals surface area (Å²) < 4.78 is 12.6. The molecule has 152 valence electrons. The number of halogens is 1. The van der Waals surface area contributed by atoms with Crippen molar-refractivity contribution >= 4 is 17.5 Å². The van der Waals surface area contributed by atoms with E-state index < -0.39 is 0 Å². The summed E-state index contributed by atoms with van der Waals surface area (Å²) in [7, 11) is 3.38. The molecular formula is C22H24ClN3O3. The van der Waals surface area contributed by atoms with E-state index in [9.17, 15) is 4.79 Å². The minimum atomic E-state index is -0.0683. The number of nitrogens with zero attached hydrogens (tertiary/aromatic N) is 3. The van der Waals surface area contributed by atoms with Crippen molar-refractivity contribution in [2.24, 2.45) is 0 Å². The Bertz CT molecular complexity index is 982. The summed E-state index contributed by atoms with van der Waals surface area (Å²) in [5, 5.41) is 5.09. The first-order chi connectivity index (χ1) is 13.9. The molecule has 0 N–H and O–H groups in total. The normalized spacial score (nSPS) is 10.7. The number of benzene rings is 2. The zero-order chi connectivity index (χ0) is 21.0. The molecule has 0 fully saturated rings. The van der Waals surface area contributed by atoms with Crippen molar-refractivity contribution in [2.75, 3.05) is 27.3 Å². The lowest BCUT2D eigenvalue weighted by Gasteiger charge is -2.18. The van der Waals surface area contributed by atoms with E-state index >= 15 is 0 Å². The molecular weight excluding hydrogens is 390 g/mol.